The zero-order valence-electron chi connectivity index (χ0n) is 7.90. The van der Waals surface area contributed by atoms with Gasteiger partial charge in [-0.25, -0.2) is 0 Å². The van der Waals surface area contributed by atoms with Crippen LogP contribution in [0.3, 0.4) is 0 Å². The maximum absolute atomic E-state index is 4.93. The van der Waals surface area contributed by atoms with Crippen LogP contribution in [0.15, 0.2) is 34.5 Å². The van der Waals surface area contributed by atoms with E-state index in [9.17, 15) is 0 Å². The fourth-order valence-electron chi connectivity index (χ4n) is 0.972. The molecule has 3 nitrogen and oxygen atoms in total. The lowest BCUT2D eigenvalue weighted by molar-refractivity contribution is 0.252. The third kappa shape index (κ3) is 3.38. The van der Waals surface area contributed by atoms with Gasteiger partial charge in [-0.05, 0) is 12.1 Å². The predicted octanol–water partition coefficient (Wildman–Crippen LogP) is 1.33. The summed E-state index contributed by atoms with van der Waals surface area (Å²) in [6.45, 7) is 0.634. The zero-order chi connectivity index (χ0) is 9.52. The summed E-state index contributed by atoms with van der Waals surface area (Å²) in [6.07, 6.45) is 0. The van der Waals surface area contributed by atoms with Crippen molar-refractivity contribution in [3.63, 3.8) is 0 Å². The number of hydrogen-bond donors (Lipinski definition) is 0. The largest absolute Gasteiger partial charge is 0.393 e. The average molecular weight is 175 g/mol. The minimum atomic E-state index is 0.634. The summed E-state index contributed by atoms with van der Waals surface area (Å²) in [5.74, 6) is 0. The van der Waals surface area contributed by atoms with E-state index in [2.05, 4.69) is 10.2 Å². The molecular formula is C9H12BN2O. The molecule has 4 heteroatoms. The highest BCUT2D eigenvalue weighted by Crippen LogP contribution is 2.08. The Morgan fingerprint density at radius 3 is 2.54 bits per heavy atom. The van der Waals surface area contributed by atoms with Gasteiger partial charge in [-0.3, -0.25) is 0 Å². The molecule has 0 atom stereocenters. The molecule has 13 heavy (non-hydrogen) atoms. The van der Waals surface area contributed by atoms with Gasteiger partial charge in [0, 0.05) is 20.7 Å². The van der Waals surface area contributed by atoms with Gasteiger partial charge in [0.25, 0.3) is 0 Å². The van der Waals surface area contributed by atoms with Crippen LogP contribution in [0.5, 0.6) is 0 Å². The van der Waals surface area contributed by atoms with Crippen LogP contribution in [0, 0.1) is 0 Å². The van der Waals surface area contributed by atoms with E-state index in [1.165, 1.54) is 0 Å². The van der Waals surface area contributed by atoms with E-state index in [-0.39, 0.29) is 0 Å². The minimum absolute atomic E-state index is 0.634. The normalized spacial score (nSPS) is 10.6. The van der Waals surface area contributed by atoms with Crippen molar-refractivity contribution in [1.82, 2.24) is 0 Å². The van der Waals surface area contributed by atoms with E-state index in [1.807, 2.05) is 31.5 Å². The molecule has 67 valence electrons. The van der Waals surface area contributed by atoms with Crippen molar-refractivity contribution in [3.8, 4) is 0 Å². The van der Waals surface area contributed by atoms with Crippen LogP contribution in [0.25, 0.3) is 0 Å². The molecule has 0 heterocycles. The summed E-state index contributed by atoms with van der Waals surface area (Å²) in [5.41, 5.74) is 2.01. The lowest BCUT2D eigenvalue weighted by Crippen LogP contribution is -2.18. The van der Waals surface area contributed by atoms with Crippen molar-refractivity contribution in [2.75, 3.05) is 20.7 Å². The number of nitrogens with zero attached hydrogens (tertiary/aromatic N) is 2. The highest BCUT2D eigenvalue weighted by atomic mass is 16.5. The summed E-state index contributed by atoms with van der Waals surface area (Å²) in [5, 5.41) is 7.60. The summed E-state index contributed by atoms with van der Waals surface area (Å²) in [6, 6.07) is 7.83. The molecule has 0 N–H and O–H groups in total. The molecule has 1 aromatic carbocycles. The van der Waals surface area contributed by atoms with E-state index >= 15 is 0 Å². The van der Waals surface area contributed by atoms with Gasteiger partial charge in [0.2, 0.25) is 0 Å². The molecule has 0 aliphatic rings. The molecule has 1 aromatic rings. The van der Waals surface area contributed by atoms with Crippen molar-refractivity contribution in [3.05, 3.63) is 24.3 Å². The molecular weight excluding hydrogens is 163 g/mol. The first kappa shape index (κ1) is 9.93. The van der Waals surface area contributed by atoms with Gasteiger partial charge in [-0.15, -0.1) is 0 Å². The monoisotopic (exact) mass is 175 g/mol. The van der Waals surface area contributed by atoms with Gasteiger partial charge < -0.3 is 4.74 Å². The van der Waals surface area contributed by atoms with E-state index in [0.717, 1.165) is 11.2 Å². The molecule has 0 aliphatic heterocycles. The molecule has 0 unspecified atom stereocenters. The second-order valence-electron chi connectivity index (χ2n) is 2.55. The van der Waals surface area contributed by atoms with Crippen molar-refractivity contribution in [2.24, 2.45) is 10.2 Å². The van der Waals surface area contributed by atoms with Crippen molar-refractivity contribution in [2.45, 2.75) is 0 Å². The maximum atomic E-state index is 4.93. The third-order valence-electron chi connectivity index (χ3n) is 1.59. The summed E-state index contributed by atoms with van der Waals surface area (Å²) < 4.78 is 4.93. The Balaban J connectivity index is 2.58. The highest BCUT2D eigenvalue weighted by molar-refractivity contribution is 6.53. The van der Waals surface area contributed by atoms with Gasteiger partial charge in [0.05, 0.1) is 5.69 Å². The topological polar surface area (TPSA) is 34.0 Å². The van der Waals surface area contributed by atoms with Gasteiger partial charge in [0.1, 0.15) is 0 Å². The van der Waals surface area contributed by atoms with Gasteiger partial charge >= 0.3 is 0 Å². The molecule has 0 spiro atoms. The molecule has 0 saturated heterocycles. The summed E-state index contributed by atoms with van der Waals surface area (Å²) in [4.78, 5) is 0. The minimum Gasteiger partial charge on any atom is -0.393 e. The number of ether oxygens (including phenoxy) is 1. The van der Waals surface area contributed by atoms with Gasteiger partial charge in [-0.1, -0.05) is 17.6 Å². The van der Waals surface area contributed by atoms with Crippen LogP contribution in [-0.2, 0) is 4.74 Å². The smallest absolute Gasteiger partial charge is 0.185 e. The van der Waals surface area contributed by atoms with E-state index < -0.39 is 0 Å². The zero-order valence-corrected chi connectivity index (χ0v) is 7.90. The molecule has 0 bridgehead atoms. The quantitative estimate of drug-likeness (QED) is 0.502. The van der Waals surface area contributed by atoms with Crippen molar-refractivity contribution in [1.29, 1.82) is 0 Å². The lowest BCUT2D eigenvalue weighted by atomic mass is 9.71. The standard InChI is InChI=1S/C9H12BN2O/c1-11-12-9-5-3-8(4-6-9)10-7-13-2/h3-6H,7H2,1-2H3. The number of benzene rings is 1. The number of methoxy groups -OCH3 is 1. The SMILES string of the molecule is CN=Nc1ccc([B]COC)cc1. The maximum Gasteiger partial charge on any atom is 0.185 e. The van der Waals surface area contributed by atoms with Crippen LogP contribution in [0.1, 0.15) is 0 Å². The molecule has 0 fully saturated rings. The predicted molar refractivity (Wildman–Crippen MR) is 54.1 cm³/mol. The van der Waals surface area contributed by atoms with E-state index in [4.69, 9.17) is 4.74 Å². The Bertz CT molecular complexity index is 271. The number of hydrogen-bond acceptors (Lipinski definition) is 3. The van der Waals surface area contributed by atoms with Crippen molar-refractivity contribution >= 4 is 18.4 Å². The molecule has 0 aromatic heterocycles. The number of azo groups is 1. The van der Waals surface area contributed by atoms with Crippen LogP contribution in [-0.4, -0.2) is 27.9 Å². The van der Waals surface area contributed by atoms with Gasteiger partial charge in [0.15, 0.2) is 7.28 Å². The molecule has 0 aliphatic carbocycles. The van der Waals surface area contributed by atoms with Crippen molar-refractivity contribution < 1.29 is 4.74 Å². The van der Waals surface area contributed by atoms with Crippen LogP contribution >= 0.6 is 0 Å². The van der Waals surface area contributed by atoms with E-state index in [0.29, 0.717) is 6.51 Å². The van der Waals surface area contributed by atoms with Crippen LogP contribution in [0.4, 0.5) is 5.69 Å². The second kappa shape index (κ2) is 5.48. The molecule has 0 saturated carbocycles. The lowest BCUT2D eigenvalue weighted by Gasteiger charge is -1.98. The first-order chi connectivity index (χ1) is 6.36. The Kier molecular flexibility index (Phi) is 4.19. The third-order valence-corrected chi connectivity index (χ3v) is 1.59. The average Bonchev–Trinajstić information content (AvgIpc) is 2.17. The fraction of sp³-hybridized carbons (Fsp3) is 0.333. The Morgan fingerprint density at radius 2 is 2.00 bits per heavy atom. The summed E-state index contributed by atoms with van der Waals surface area (Å²) >= 11 is 0. The summed E-state index contributed by atoms with van der Waals surface area (Å²) in [7, 11) is 5.34. The first-order valence-electron chi connectivity index (χ1n) is 4.09. The van der Waals surface area contributed by atoms with Gasteiger partial charge in [-0.2, -0.15) is 10.2 Å². The fourth-order valence-corrected chi connectivity index (χ4v) is 0.972. The molecule has 0 amide bonds. The van der Waals surface area contributed by atoms with Crippen LogP contribution in [0.2, 0.25) is 0 Å². The number of rotatable bonds is 4. The highest BCUT2D eigenvalue weighted by Gasteiger charge is 1.94. The Morgan fingerprint density at radius 1 is 1.31 bits per heavy atom. The first-order valence-corrected chi connectivity index (χ1v) is 4.09. The van der Waals surface area contributed by atoms with E-state index in [1.54, 1.807) is 14.2 Å². The molecule has 1 radical (unpaired) electrons. The van der Waals surface area contributed by atoms with Crippen LogP contribution < -0.4 is 5.46 Å². The molecule has 1 rings (SSSR count). The second-order valence-corrected chi connectivity index (χ2v) is 2.55. The Labute approximate surface area is 79.1 Å². The Hall–Kier alpha value is -1.16.